The Labute approximate surface area is 171 Å². The molecule has 0 aliphatic rings. The van der Waals surface area contributed by atoms with Gasteiger partial charge in [0.1, 0.15) is 4.88 Å². The number of carbonyl (C=O) groups is 1. The molecular formula is C20H22N4O4S. The third kappa shape index (κ3) is 4.87. The summed E-state index contributed by atoms with van der Waals surface area (Å²) in [4.78, 5) is 29.5. The van der Waals surface area contributed by atoms with E-state index in [1.54, 1.807) is 35.8 Å². The molecule has 0 unspecified atom stereocenters. The van der Waals surface area contributed by atoms with Gasteiger partial charge in [0, 0.05) is 19.8 Å². The second kappa shape index (κ2) is 9.44. The Kier molecular flexibility index (Phi) is 6.73. The second-order valence-electron chi connectivity index (χ2n) is 6.24. The van der Waals surface area contributed by atoms with Crippen molar-refractivity contribution in [2.75, 3.05) is 18.6 Å². The van der Waals surface area contributed by atoms with Gasteiger partial charge in [-0.25, -0.2) is 15.2 Å². The summed E-state index contributed by atoms with van der Waals surface area (Å²) in [5.41, 5.74) is 3.92. The molecule has 9 heteroatoms. The van der Waals surface area contributed by atoms with Crippen molar-refractivity contribution in [3.8, 4) is 0 Å². The Morgan fingerprint density at radius 2 is 2.03 bits per heavy atom. The number of aromatic nitrogens is 2. The minimum Gasteiger partial charge on any atom is -0.477 e. The Bertz CT molecular complexity index is 1100. The van der Waals surface area contributed by atoms with E-state index >= 15 is 0 Å². The van der Waals surface area contributed by atoms with Crippen molar-refractivity contribution in [1.29, 1.82) is 0 Å². The number of anilines is 1. The normalized spacial score (nSPS) is 11.7. The average Bonchev–Trinajstić information content (AvgIpc) is 3.22. The van der Waals surface area contributed by atoms with Crippen molar-refractivity contribution in [1.82, 2.24) is 9.55 Å². The van der Waals surface area contributed by atoms with Gasteiger partial charge in [0.15, 0.2) is 0 Å². The van der Waals surface area contributed by atoms with Crippen LogP contribution in [0, 0.1) is 0 Å². The first-order valence-corrected chi connectivity index (χ1v) is 10.0. The molecule has 0 amide bonds. The largest absolute Gasteiger partial charge is 0.477 e. The Morgan fingerprint density at radius 3 is 2.76 bits per heavy atom. The van der Waals surface area contributed by atoms with E-state index in [1.807, 2.05) is 19.1 Å². The van der Waals surface area contributed by atoms with E-state index in [1.165, 1.54) is 0 Å². The summed E-state index contributed by atoms with van der Waals surface area (Å²) in [6.07, 6.45) is 0.665. The highest BCUT2D eigenvalue weighted by Gasteiger charge is 2.12. The molecule has 0 aliphatic carbocycles. The summed E-state index contributed by atoms with van der Waals surface area (Å²) in [5, 5.41) is 13.9. The van der Waals surface area contributed by atoms with Crippen molar-refractivity contribution in [3.63, 3.8) is 0 Å². The van der Waals surface area contributed by atoms with E-state index in [0.717, 1.165) is 16.2 Å². The maximum Gasteiger partial charge on any atom is 0.345 e. The number of hydrogen-bond acceptors (Lipinski definition) is 7. The van der Waals surface area contributed by atoms with Crippen molar-refractivity contribution in [3.05, 3.63) is 56.5 Å². The molecule has 2 N–H and O–H groups in total. The lowest BCUT2D eigenvalue weighted by Crippen LogP contribution is -2.25. The van der Waals surface area contributed by atoms with Crippen LogP contribution in [0.2, 0.25) is 0 Å². The number of ether oxygens (including phenoxy) is 1. The van der Waals surface area contributed by atoms with Crippen LogP contribution in [0.5, 0.6) is 0 Å². The van der Waals surface area contributed by atoms with Crippen LogP contribution < -0.4 is 11.0 Å². The van der Waals surface area contributed by atoms with Gasteiger partial charge < -0.3 is 9.84 Å². The standard InChI is InChI=1S/C20H22N4O4S/c1-3-28-12-6-11-24-18(25)14-7-4-5-8-15(14)21-20(24)23-22-13(2)16-9-10-17(29-16)19(26)27/h4-5,7-10H,3,6,11-12H2,1-2H3,(H,21,23)(H,26,27)/b22-13-. The maximum absolute atomic E-state index is 12.9. The number of thiophene rings is 1. The SMILES string of the molecule is CCOCCCn1c(N/N=C(/C)c2ccc(C(=O)O)s2)nc2ccccc2c1=O. The predicted molar refractivity (Wildman–Crippen MR) is 114 cm³/mol. The van der Waals surface area contributed by atoms with E-state index in [9.17, 15) is 9.59 Å². The number of nitrogens with zero attached hydrogens (tertiary/aromatic N) is 3. The van der Waals surface area contributed by atoms with Gasteiger partial charge in [0.2, 0.25) is 5.95 Å². The van der Waals surface area contributed by atoms with Crippen LogP contribution in [0.3, 0.4) is 0 Å². The Hall–Kier alpha value is -3.04. The summed E-state index contributed by atoms with van der Waals surface area (Å²) >= 11 is 1.14. The van der Waals surface area contributed by atoms with Crippen molar-refractivity contribution in [2.24, 2.45) is 5.10 Å². The van der Waals surface area contributed by atoms with E-state index in [-0.39, 0.29) is 10.4 Å². The number of aromatic carboxylic acids is 1. The third-order valence-electron chi connectivity index (χ3n) is 4.23. The van der Waals surface area contributed by atoms with Gasteiger partial charge in [-0.1, -0.05) is 12.1 Å². The van der Waals surface area contributed by atoms with Crippen LogP contribution in [0.1, 0.15) is 34.8 Å². The van der Waals surface area contributed by atoms with Gasteiger partial charge in [-0.15, -0.1) is 11.3 Å². The monoisotopic (exact) mass is 414 g/mol. The zero-order valence-electron chi connectivity index (χ0n) is 16.2. The molecule has 2 aromatic heterocycles. The molecule has 0 aliphatic heterocycles. The molecule has 2 heterocycles. The minimum absolute atomic E-state index is 0.147. The van der Waals surface area contributed by atoms with Gasteiger partial charge in [-0.05, 0) is 44.5 Å². The molecular weight excluding hydrogens is 392 g/mol. The van der Waals surface area contributed by atoms with E-state index < -0.39 is 5.97 Å². The first-order valence-electron chi connectivity index (χ1n) is 9.22. The van der Waals surface area contributed by atoms with Crippen LogP contribution in [0.15, 0.2) is 46.3 Å². The smallest absolute Gasteiger partial charge is 0.345 e. The van der Waals surface area contributed by atoms with Crippen LogP contribution in [-0.4, -0.2) is 39.6 Å². The molecule has 29 heavy (non-hydrogen) atoms. The van der Waals surface area contributed by atoms with E-state index in [2.05, 4.69) is 15.5 Å². The molecule has 0 radical (unpaired) electrons. The molecule has 3 rings (SSSR count). The van der Waals surface area contributed by atoms with Crippen molar-refractivity contribution in [2.45, 2.75) is 26.8 Å². The fourth-order valence-electron chi connectivity index (χ4n) is 2.77. The Morgan fingerprint density at radius 1 is 1.28 bits per heavy atom. The lowest BCUT2D eigenvalue weighted by atomic mass is 10.2. The molecule has 3 aromatic rings. The van der Waals surface area contributed by atoms with Crippen LogP contribution in [0.25, 0.3) is 10.9 Å². The van der Waals surface area contributed by atoms with Crippen LogP contribution >= 0.6 is 11.3 Å². The zero-order chi connectivity index (χ0) is 20.8. The lowest BCUT2D eigenvalue weighted by molar-refractivity contribution is 0.0702. The third-order valence-corrected chi connectivity index (χ3v) is 5.42. The van der Waals surface area contributed by atoms with Gasteiger partial charge in [0.25, 0.3) is 5.56 Å². The number of rotatable bonds is 9. The van der Waals surface area contributed by atoms with Crippen molar-refractivity contribution >= 4 is 39.9 Å². The molecule has 0 atom stereocenters. The topological polar surface area (TPSA) is 106 Å². The molecule has 0 saturated carbocycles. The van der Waals surface area contributed by atoms with Gasteiger partial charge in [0.05, 0.1) is 21.5 Å². The highest BCUT2D eigenvalue weighted by atomic mass is 32.1. The zero-order valence-corrected chi connectivity index (χ0v) is 17.0. The quantitative estimate of drug-likeness (QED) is 0.316. The maximum atomic E-state index is 12.9. The lowest BCUT2D eigenvalue weighted by Gasteiger charge is -2.13. The summed E-state index contributed by atoms with van der Waals surface area (Å²) in [7, 11) is 0. The van der Waals surface area contributed by atoms with Gasteiger partial charge in [-0.2, -0.15) is 5.10 Å². The highest BCUT2D eigenvalue weighted by Crippen LogP contribution is 2.18. The van der Waals surface area contributed by atoms with Crippen LogP contribution in [0.4, 0.5) is 5.95 Å². The van der Waals surface area contributed by atoms with E-state index in [0.29, 0.717) is 48.7 Å². The second-order valence-corrected chi connectivity index (χ2v) is 7.32. The fraction of sp³-hybridized carbons (Fsp3) is 0.300. The van der Waals surface area contributed by atoms with Gasteiger partial charge in [-0.3, -0.25) is 9.36 Å². The number of nitrogens with one attached hydrogen (secondary N) is 1. The number of hydrazone groups is 1. The number of carboxylic acid groups (broad SMARTS) is 1. The van der Waals surface area contributed by atoms with Crippen molar-refractivity contribution < 1.29 is 14.6 Å². The predicted octanol–water partition coefficient (Wildman–Crippen LogP) is 3.42. The molecule has 0 fully saturated rings. The number of hydrogen-bond donors (Lipinski definition) is 2. The molecule has 0 spiro atoms. The number of para-hydroxylation sites is 1. The first-order chi connectivity index (χ1) is 14.0. The summed E-state index contributed by atoms with van der Waals surface area (Å²) in [5.74, 6) is -0.638. The summed E-state index contributed by atoms with van der Waals surface area (Å²) in [6, 6.07) is 10.4. The van der Waals surface area contributed by atoms with Crippen LogP contribution in [-0.2, 0) is 11.3 Å². The number of fused-ring (bicyclic) bond motifs is 1. The fourth-order valence-corrected chi connectivity index (χ4v) is 3.56. The summed E-state index contributed by atoms with van der Waals surface area (Å²) < 4.78 is 6.92. The Balaban J connectivity index is 1.91. The molecule has 1 aromatic carbocycles. The highest BCUT2D eigenvalue weighted by molar-refractivity contribution is 7.15. The molecule has 152 valence electrons. The molecule has 0 bridgehead atoms. The minimum atomic E-state index is -0.971. The number of carboxylic acids is 1. The van der Waals surface area contributed by atoms with E-state index in [4.69, 9.17) is 9.84 Å². The average molecular weight is 414 g/mol. The number of benzene rings is 1. The van der Waals surface area contributed by atoms with Gasteiger partial charge >= 0.3 is 5.97 Å². The first kappa shape index (κ1) is 20.7. The molecule has 8 nitrogen and oxygen atoms in total. The molecule has 0 saturated heterocycles. The summed E-state index contributed by atoms with van der Waals surface area (Å²) in [6.45, 7) is 5.30.